The molecule has 0 radical (unpaired) electrons. The van der Waals surface area contributed by atoms with Gasteiger partial charge in [0.15, 0.2) is 0 Å². The van der Waals surface area contributed by atoms with Crippen molar-refractivity contribution < 1.29 is 14.6 Å². The number of rotatable bonds is 0. The summed E-state index contributed by atoms with van der Waals surface area (Å²) in [5, 5.41) is 8.46. The van der Waals surface area contributed by atoms with E-state index in [0.717, 1.165) is 0 Å². The minimum Gasteiger partial charge on any atom is -0.346 e. The Morgan fingerprint density at radius 1 is 1.71 bits per heavy atom. The predicted octanol–water partition coefficient (Wildman–Crippen LogP) is -0.302. The molecule has 3 heteroatoms. The first-order chi connectivity index (χ1) is 3.29. The number of ether oxygens (including phenoxy) is 2. The third-order valence-electron chi connectivity index (χ3n) is 0.822. The summed E-state index contributed by atoms with van der Waals surface area (Å²) in [6.07, 6.45) is 0.0509. The van der Waals surface area contributed by atoms with Gasteiger partial charge in [-0.3, -0.25) is 0 Å². The van der Waals surface area contributed by atoms with Crippen LogP contribution in [0, 0.1) is 0 Å². The molecular weight excluding hydrogens is 96.0 g/mol. The molecule has 0 amide bonds. The van der Waals surface area contributed by atoms with Crippen LogP contribution in [0.5, 0.6) is 0 Å². The van der Waals surface area contributed by atoms with Crippen LogP contribution in [0.3, 0.4) is 0 Å². The maximum absolute atomic E-state index is 8.46. The van der Waals surface area contributed by atoms with Crippen molar-refractivity contribution in [2.45, 2.75) is 19.5 Å². The number of hydrogen-bond donors (Lipinski definition) is 1. The number of aliphatic hydroxyl groups is 1. The summed E-state index contributed by atoms with van der Waals surface area (Å²) < 4.78 is 9.29. The summed E-state index contributed by atoms with van der Waals surface area (Å²) >= 11 is 0. The van der Waals surface area contributed by atoms with E-state index in [1.165, 1.54) is 0 Å². The molecule has 2 atom stereocenters. The van der Waals surface area contributed by atoms with Crippen molar-refractivity contribution in [1.82, 2.24) is 0 Å². The molecule has 2 unspecified atom stereocenters. The van der Waals surface area contributed by atoms with E-state index in [9.17, 15) is 0 Å². The highest BCUT2D eigenvalue weighted by molar-refractivity contribution is 4.50. The van der Waals surface area contributed by atoms with E-state index in [4.69, 9.17) is 9.84 Å². The smallest absolute Gasteiger partial charge is 0.269 e. The highest BCUT2D eigenvalue weighted by Crippen LogP contribution is 2.06. The normalized spacial score (nSPS) is 42.0. The summed E-state index contributed by atoms with van der Waals surface area (Å²) in [6, 6.07) is 0. The first kappa shape index (κ1) is 5.03. The molecular formula is C4H8O3. The minimum atomic E-state index is -0.977. The summed E-state index contributed by atoms with van der Waals surface area (Å²) in [6.45, 7) is 1.37. The first-order valence-electron chi connectivity index (χ1n) is 2.24. The van der Waals surface area contributed by atoms with E-state index in [1.807, 2.05) is 6.92 Å². The van der Waals surface area contributed by atoms with E-state index >= 15 is 0 Å². The lowest BCUT2D eigenvalue weighted by Crippen LogP contribution is -2.06. The summed E-state index contributed by atoms with van der Waals surface area (Å²) in [5.74, 6) is 0. The Balaban J connectivity index is 2.26. The molecule has 1 fully saturated rings. The van der Waals surface area contributed by atoms with E-state index in [1.54, 1.807) is 0 Å². The van der Waals surface area contributed by atoms with Crippen LogP contribution >= 0.6 is 0 Å². The Labute approximate surface area is 41.8 Å². The quantitative estimate of drug-likeness (QED) is 0.458. The molecule has 0 aliphatic carbocycles. The van der Waals surface area contributed by atoms with Gasteiger partial charge in [0.25, 0.3) is 6.48 Å². The zero-order chi connectivity index (χ0) is 5.28. The van der Waals surface area contributed by atoms with Crippen molar-refractivity contribution in [2.24, 2.45) is 0 Å². The average molecular weight is 104 g/mol. The van der Waals surface area contributed by atoms with Gasteiger partial charge >= 0.3 is 0 Å². The van der Waals surface area contributed by atoms with Gasteiger partial charge in [0.2, 0.25) is 0 Å². The molecule has 1 aliphatic rings. The van der Waals surface area contributed by atoms with E-state index in [-0.39, 0.29) is 6.10 Å². The lowest BCUT2D eigenvalue weighted by Gasteiger charge is -1.97. The lowest BCUT2D eigenvalue weighted by atomic mass is 10.5. The molecule has 42 valence electrons. The summed E-state index contributed by atoms with van der Waals surface area (Å²) in [4.78, 5) is 0. The second kappa shape index (κ2) is 1.78. The first-order valence-corrected chi connectivity index (χ1v) is 2.24. The molecule has 1 N–H and O–H groups in total. The molecule has 0 saturated carbocycles. The molecule has 0 aromatic heterocycles. The van der Waals surface area contributed by atoms with Crippen LogP contribution in [0.2, 0.25) is 0 Å². The Morgan fingerprint density at radius 3 is 2.57 bits per heavy atom. The van der Waals surface area contributed by atoms with Gasteiger partial charge in [0, 0.05) is 0 Å². The Morgan fingerprint density at radius 2 is 2.43 bits per heavy atom. The number of hydrogen-bond acceptors (Lipinski definition) is 3. The molecule has 1 aliphatic heterocycles. The predicted molar refractivity (Wildman–Crippen MR) is 22.5 cm³/mol. The second-order valence-corrected chi connectivity index (χ2v) is 1.59. The van der Waals surface area contributed by atoms with Crippen molar-refractivity contribution in [1.29, 1.82) is 0 Å². The van der Waals surface area contributed by atoms with Gasteiger partial charge in [0.05, 0.1) is 12.7 Å². The van der Waals surface area contributed by atoms with Crippen LogP contribution in [-0.2, 0) is 9.47 Å². The maximum Gasteiger partial charge on any atom is 0.269 e. The van der Waals surface area contributed by atoms with E-state index < -0.39 is 6.48 Å². The highest BCUT2D eigenvalue weighted by atomic mass is 16.8. The monoisotopic (exact) mass is 104 g/mol. The van der Waals surface area contributed by atoms with Gasteiger partial charge in [-0.2, -0.15) is 0 Å². The zero-order valence-electron chi connectivity index (χ0n) is 4.13. The SMILES string of the molecule is CC1COC(O)O1. The standard InChI is InChI=1S/C4H8O3/c1-3-2-6-4(5)7-3/h3-5H,2H2,1H3. The van der Waals surface area contributed by atoms with Gasteiger partial charge in [-0.05, 0) is 6.92 Å². The Bertz CT molecular complexity index is 56.0. The fourth-order valence-electron chi connectivity index (χ4n) is 0.495. The Kier molecular flexibility index (Phi) is 1.27. The molecule has 1 rings (SSSR count). The van der Waals surface area contributed by atoms with Gasteiger partial charge in [-0.15, -0.1) is 0 Å². The van der Waals surface area contributed by atoms with Crippen LogP contribution in [0.1, 0.15) is 6.92 Å². The fraction of sp³-hybridized carbons (Fsp3) is 1.00. The summed E-state index contributed by atoms with van der Waals surface area (Å²) in [7, 11) is 0. The van der Waals surface area contributed by atoms with Crippen LogP contribution < -0.4 is 0 Å². The largest absolute Gasteiger partial charge is 0.346 e. The molecule has 1 heterocycles. The average Bonchev–Trinajstić information content (AvgIpc) is 1.87. The zero-order valence-corrected chi connectivity index (χ0v) is 4.13. The molecule has 0 spiro atoms. The van der Waals surface area contributed by atoms with Crippen LogP contribution in [0.25, 0.3) is 0 Å². The van der Waals surface area contributed by atoms with E-state index in [2.05, 4.69) is 4.74 Å². The van der Waals surface area contributed by atoms with Gasteiger partial charge < -0.3 is 14.6 Å². The third kappa shape index (κ3) is 1.12. The second-order valence-electron chi connectivity index (χ2n) is 1.59. The molecule has 0 aromatic carbocycles. The maximum atomic E-state index is 8.46. The van der Waals surface area contributed by atoms with Crippen molar-refractivity contribution in [3.63, 3.8) is 0 Å². The Hall–Kier alpha value is -0.120. The fourth-order valence-corrected chi connectivity index (χ4v) is 0.495. The van der Waals surface area contributed by atoms with E-state index in [0.29, 0.717) is 6.61 Å². The van der Waals surface area contributed by atoms with Crippen LogP contribution in [-0.4, -0.2) is 24.3 Å². The summed E-state index contributed by atoms with van der Waals surface area (Å²) in [5.41, 5.74) is 0. The molecule has 0 bridgehead atoms. The van der Waals surface area contributed by atoms with Gasteiger partial charge in [-0.1, -0.05) is 0 Å². The third-order valence-corrected chi connectivity index (χ3v) is 0.822. The highest BCUT2D eigenvalue weighted by Gasteiger charge is 2.18. The minimum absolute atomic E-state index is 0.0509. The van der Waals surface area contributed by atoms with Crippen molar-refractivity contribution in [3.8, 4) is 0 Å². The molecule has 7 heavy (non-hydrogen) atoms. The molecule has 0 aromatic rings. The van der Waals surface area contributed by atoms with Gasteiger partial charge in [0.1, 0.15) is 0 Å². The van der Waals surface area contributed by atoms with Crippen molar-refractivity contribution in [2.75, 3.05) is 6.61 Å². The van der Waals surface area contributed by atoms with Crippen LogP contribution in [0.4, 0.5) is 0 Å². The number of aliphatic hydroxyl groups excluding tert-OH is 1. The molecule has 3 nitrogen and oxygen atoms in total. The van der Waals surface area contributed by atoms with Crippen molar-refractivity contribution in [3.05, 3.63) is 0 Å². The van der Waals surface area contributed by atoms with Crippen LogP contribution in [0.15, 0.2) is 0 Å². The van der Waals surface area contributed by atoms with Crippen molar-refractivity contribution >= 4 is 0 Å². The lowest BCUT2D eigenvalue weighted by molar-refractivity contribution is -0.202. The topological polar surface area (TPSA) is 38.7 Å². The van der Waals surface area contributed by atoms with Gasteiger partial charge in [-0.25, -0.2) is 0 Å². The molecule has 1 saturated heterocycles.